The Morgan fingerprint density at radius 1 is 0.375 bits per heavy atom. The van der Waals surface area contributed by atoms with E-state index in [9.17, 15) is 0 Å². The molecule has 4 heterocycles. The molecule has 4 fully saturated rings. The molecule has 4 nitrogen and oxygen atoms in total. The summed E-state index contributed by atoms with van der Waals surface area (Å²) in [5.74, 6) is 0. The molecule has 0 atom stereocenters. The van der Waals surface area contributed by atoms with Gasteiger partial charge >= 0.3 is 0 Å². The summed E-state index contributed by atoms with van der Waals surface area (Å²) in [7, 11) is 0. The van der Waals surface area contributed by atoms with Crippen LogP contribution in [-0.2, 0) is 0 Å². The van der Waals surface area contributed by atoms with Gasteiger partial charge in [-0.15, -0.1) is 0 Å². The number of unbranched alkanes of at least 4 members (excludes halogenated alkanes) is 7. The van der Waals surface area contributed by atoms with E-state index < -0.39 is 0 Å². The van der Waals surface area contributed by atoms with E-state index >= 15 is 0 Å². The van der Waals surface area contributed by atoms with Gasteiger partial charge in [-0.25, -0.2) is 0 Å². The molecule has 0 aliphatic carbocycles. The number of rotatable bonds is 11. The van der Waals surface area contributed by atoms with Gasteiger partial charge in [0.2, 0.25) is 0 Å². The SMILES string of the molecule is C(CCCCCN1CC[N+]2(CCCC2)CC1)CCCCN1CC[N+]2(CCCC2)CC1.[Br-].[Br-]. The maximum atomic E-state index is 2.76. The number of halogens is 2. The normalized spacial score (nSPS) is 25.1. The minimum Gasteiger partial charge on any atom is -1.00 e. The minimum atomic E-state index is 0. The summed E-state index contributed by atoms with van der Waals surface area (Å²) >= 11 is 0. The number of hydrogen-bond acceptors (Lipinski definition) is 2. The largest absolute Gasteiger partial charge is 1.00 e. The van der Waals surface area contributed by atoms with Crippen molar-refractivity contribution in [3.8, 4) is 0 Å². The van der Waals surface area contributed by atoms with Crippen molar-refractivity contribution in [2.75, 3.05) is 91.6 Å². The van der Waals surface area contributed by atoms with E-state index in [0.717, 1.165) is 0 Å². The minimum absolute atomic E-state index is 0. The molecule has 0 saturated carbocycles. The fraction of sp³-hybridized carbons (Fsp3) is 1.00. The molecule has 0 radical (unpaired) electrons. The van der Waals surface area contributed by atoms with Gasteiger partial charge in [0.1, 0.15) is 0 Å². The number of quaternary nitrogens is 2. The first-order valence-electron chi connectivity index (χ1n) is 13.9. The van der Waals surface area contributed by atoms with Crippen molar-refractivity contribution in [1.82, 2.24) is 9.80 Å². The predicted octanol–water partition coefficient (Wildman–Crippen LogP) is -2.03. The Morgan fingerprint density at radius 3 is 0.969 bits per heavy atom. The summed E-state index contributed by atoms with van der Waals surface area (Å²) in [5, 5.41) is 0. The monoisotopic (exact) mass is 578 g/mol. The van der Waals surface area contributed by atoms with Crippen LogP contribution in [0, 0.1) is 0 Å². The molecule has 0 aromatic heterocycles. The summed E-state index contributed by atoms with van der Waals surface area (Å²) < 4.78 is 2.93. The van der Waals surface area contributed by atoms with Crippen molar-refractivity contribution in [3.05, 3.63) is 0 Å². The fourth-order valence-corrected chi connectivity index (χ4v) is 6.95. The number of nitrogens with zero attached hydrogens (tertiary/aromatic N) is 4. The lowest BCUT2D eigenvalue weighted by atomic mass is 10.1. The van der Waals surface area contributed by atoms with Crippen LogP contribution in [0.25, 0.3) is 0 Å². The molecule has 0 unspecified atom stereocenters. The van der Waals surface area contributed by atoms with Gasteiger partial charge in [0.25, 0.3) is 0 Å². The van der Waals surface area contributed by atoms with E-state index in [0.29, 0.717) is 0 Å². The molecule has 0 N–H and O–H groups in total. The molecule has 0 aromatic rings. The summed E-state index contributed by atoms with van der Waals surface area (Å²) in [6.07, 6.45) is 17.6. The lowest BCUT2D eigenvalue weighted by Crippen LogP contribution is -3.00. The second-order valence-electron chi connectivity index (χ2n) is 11.4. The van der Waals surface area contributed by atoms with Gasteiger partial charge in [0, 0.05) is 51.9 Å². The molecule has 32 heavy (non-hydrogen) atoms. The van der Waals surface area contributed by atoms with Gasteiger partial charge in [-0.3, -0.25) is 9.80 Å². The maximum absolute atomic E-state index is 2.76. The summed E-state index contributed by atoms with van der Waals surface area (Å²) in [5.41, 5.74) is 0. The van der Waals surface area contributed by atoms with Crippen LogP contribution in [0.2, 0.25) is 0 Å². The van der Waals surface area contributed by atoms with Crippen molar-refractivity contribution in [2.24, 2.45) is 0 Å². The van der Waals surface area contributed by atoms with Crippen LogP contribution in [0.1, 0.15) is 77.0 Å². The Balaban J connectivity index is 0.00000181. The predicted molar refractivity (Wildman–Crippen MR) is 128 cm³/mol. The summed E-state index contributed by atoms with van der Waals surface area (Å²) in [4.78, 5) is 5.52. The third-order valence-electron chi connectivity index (χ3n) is 9.29. The first-order chi connectivity index (χ1) is 14.8. The van der Waals surface area contributed by atoms with Gasteiger partial charge in [-0.2, -0.15) is 0 Å². The summed E-state index contributed by atoms with van der Waals surface area (Å²) in [6, 6.07) is 0. The highest BCUT2D eigenvalue weighted by atomic mass is 79.9. The second-order valence-corrected chi connectivity index (χ2v) is 11.4. The molecule has 4 aliphatic rings. The van der Waals surface area contributed by atoms with Crippen LogP contribution in [0.3, 0.4) is 0 Å². The molecule has 4 rings (SSSR count). The third-order valence-corrected chi connectivity index (χ3v) is 9.29. The zero-order chi connectivity index (χ0) is 20.5. The third kappa shape index (κ3) is 8.78. The van der Waals surface area contributed by atoms with Crippen LogP contribution >= 0.6 is 0 Å². The molecule has 0 bridgehead atoms. The van der Waals surface area contributed by atoms with E-state index in [1.54, 1.807) is 0 Å². The molecule has 4 aliphatic heterocycles. The molecule has 0 amide bonds. The smallest absolute Gasteiger partial charge is 0.0916 e. The van der Waals surface area contributed by atoms with Crippen molar-refractivity contribution in [2.45, 2.75) is 77.0 Å². The molecule has 190 valence electrons. The highest BCUT2D eigenvalue weighted by Gasteiger charge is 2.36. The number of piperazine rings is 2. The maximum Gasteiger partial charge on any atom is 0.0916 e. The van der Waals surface area contributed by atoms with Crippen molar-refractivity contribution in [1.29, 1.82) is 0 Å². The average Bonchev–Trinajstić information content (AvgIpc) is 3.43. The van der Waals surface area contributed by atoms with Crippen molar-refractivity contribution in [3.63, 3.8) is 0 Å². The quantitative estimate of drug-likeness (QED) is 0.206. The number of hydrogen-bond donors (Lipinski definition) is 0. The van der Waals surface area contributed by atoms with E-state index in [1.807, 2.05) is 0 Å². The fourth-order valence-electron chi connectivity index (χ4n) is 6.95. The van der Waals surface area contributed by atoms with Crippen LogP contribution in [0.5, 0.6) is 0 Å². The van der Waals surface area contributed by atoms with Crippen LogP contribution < -0.4 is 34.0 Å². The molecule has 6 heteroatoms. The highest BCUT2D eigenvalue weighted by Crippen LogP contribution is 2.23. The summed E-state index contributed by atoms with van der Waals surface area (Å²) in [6.45, 7) is 19.9. The lowest BCUT2D eigenvalue weighted by Gasteiger charge is -2.42. The van der Waals surface area contributed by atoms with Gasteiger partial charge < -0.3 is 42.9 Å². The Hall–Kier alpha value is 0.800. The molecule has 2 spiro atoms. The molecular formula is C26H52Br2N4. The highest BCUT2D eigenvalue weighted by molar-refractivity contribution is 4.69. The van der Waals surface area contributed by atoms with E-state index in [-0.39, 0.29) is 34.0 Å². The van der Waals surface area contributed by atoms with Gasteiger partial charge in [0.05, 0.1) is 52.4 Å². The second kappa shape index (κ2) is 15.0. The zero-order valence-corrected chi connectivity index (χ0v) is 24.1. The topological polar surface area (TPSA) is 6.48 Å². The first-order valence-corrected chi connectivity index (χ1v) is 13.9. The van der Waals surface area contributed by atoms with Gasteiger partial charge in [0.15, 0.2) is 0 Å². The first kappa shape index (κ1) is 29.0. The Labute approximate surface area is 220 Å². The van der Waals surface area contributed by atoms with Gasteiger partial charge in [-0.1, -0.05) is 38.5 Å². The van der Waals surface area contributed by atoms with Crippen LogP contribution in [0.15, 0.2) is 0 Å². The standard InChI is InChI=1S/C26H52N4.2BrH/c1(3-5-7-13-27-15-23-29(24-16-27)19-9-10-20-29)2-4-6-8-14-28-17-25-30(26-18-28)21-11-12-22-30;;/h1-26H2;2*1H/q+2;;/p-2. The molecule has 4 saturated heterocycles. The van der Waals surface area contributed by atoms with Crippen molar-refractivity contribution >= 4 is 0 Å². The Kier molecular flexibility index (Phi) is 13.6. The van der Waals surface area contributed by atoms with E-state index in [4.69, 9.17) is 0 Å². The lowest BCUT2D eigenvalue weighted by molar-refractivity contribution is -0.920. The molecule has 0 aromatic carbocycles. The van der Waals surface area contributed by atoms with Gasteiger partial charge in [-0.05, 0) is 25.9 Å². The zero-order valence-electron chi connectivity index (χ0n) is 20.9. The van der Waals surface area contributed by atoms with Crippen LogP contribution in [0.4, 0.5) is 0 Å². The average molecular weight is 581 g/mol. The Bertz CT molecular complexity index is 428. The van der Waals surface area contributed by atoms with Crippen LogP contribution in [-0.4, -0.2) is 110 Å². The Morgan fingerprint density at radius 2 is 0.656 bits per heavy atom. The van der Waals surface area contributed by atoms with E-state index in [2.05, 4.69) is 9.80 Å². The van der Waals surface area contributed by atoms with Crippen molar-refractivity contribution < 1.29 is 42.9 Å². The van der Waals surface area contributed by atoms with E-state index in [1.165, 1.54) is 178 Å². The molecular weight excluding hydrogens is 528 g/mol.